The SMILES string of the molecule is CCCCCCCC.ClC1CCC(Cl)CC1. The van der Waals surface area contributed by atoms with Crippen molar-refractivity contribution in [1.82, 2.24) is 0 Å². The molecule has 0 unspecified atom stereocenters. The van der Waals surface area contributed by atoms with Gasteiger partial charge in [0, 0.05) is 10.8 Å². The van der Waals surface area contributed by atoms with Crippen LogP contribution in [0.25, 0.3) is 0 Å². The second kappa shape index (κ2) is 12.0. The molecule has 0 aromatic heterocycles. The summed E-state index contributed by atoms with van der Waals surface area (Å²) < 4.78 is 0. The normalized spacial score (nSPS) is 24.8. The third-order valence-electron chi connectivity index (χ3n) is 3.04. The third kappa shape index (κ3) is 11.1. The summed E-state index contributed by atoms with van der Waals surface area (Å²) in [6.07, 6.45) is 12.9. The molecule has 0 atom stereocenters. The van der Waals surface area contributed by atoms with Gasteiger partial charge in [0.15, 0.2) is 0 Å². The van der Waals surface area contributed by atoms with E-state index >= 15 is 0 Å². The molecule has 1 fully saturated rings. The van der Waals surface area contributed by atoms with Crippen molar-refractivity contribution >= 4 is 23.2 Å². The monoisotopic (exact) mass is 266 g/mol. The number of hydrogen-bond acceptors (Lipinski definition) is 0. The first kappa shape index (κ1) is 16.6. The molecular formula is C14H28Cl2. The molecule has 0 nitrogen and oxygen atoms in total. The van der Waals surface area contributed by atoms with Gasteiger partial charge in [0.2, 0.25) is 0 Å². The lowest BCUT2D eigenvalue weighted by atomic mass is 10.00. The quantitative estimate of drug-likeness (QED) is 0.414. The van der Waals surface area contributed by atoms with Crippen LogP contribution in [0.15, 0.2) is 0 Å². The van der Waals surface area contributed by atoms with Gasteiger partial charge in [-0.25, -0.2) is 0 Å². The van der Waals surface area contributed by atoms with Gasteiger partial charge in [-0.2, -0.15) is 0 Å². The molecule has 0 aromatic rings. The van der Waals surface area contributed by atoms with Crippen LogP contribution >= 0.6 is 23.2 Å². The zero-order chi connectivity index (χ0) is 12.2. The summed E-state index contributed by atoms with van der Waals surface area (Å²) in [5, 5.41) is 0.815. The van der Waals surface area contributed by atoms with Crippen molar-refractivity contribution in [2.24, 2.45) is 0 Å². The minimum absolute atomic E-state index is 0.407. The van der Waals surface area contributed by atoms with Crippen LogP contribution in [0.1, 0.15) is 78.1 Å². The summed E-state index contributed by atoms with van der Waals surface area (Å²) in [6.45, 7) is 4.51. The molecule has 1 aliphatic carbocycles. The second-order valence-electron chi connectivity index (χ2n) is 4.76. The maximum Gasteiger partial charge on any atom is 0.0337 e. The van der Waals surface area contributed by atoms with Gasteiger partial charge >= 0.3 is 0 Å². The Bertz CT molecular complexity index is 113. The zero-order valence-electron chi connectivity index (χ0n) is 11.0. The van der Waals surface area contributed by atoms with Crippen molar-refractivity contribution in [3.05, 3.63) is 0 Å². The molecule has 2 heteroatoms. The average Bonchev–Trinajstić information content (AvgIpc) is 2.30. The minimum Gasteiger partial charge on any atom is -0.123 e. The molecular weight excluding hydrogens is 239 g/mol. The molecule has 1 rings (SSSR count). The highest BCUT2D eigenvalue weighted by Crippen LogP contribution is 2.25. The van der Waals surface area contributed by atoms with E-state index in [1.165, 1.54) is 38.5 Å². The fourth-order valence-electron chi connectivity index (χ4n) is 1.87. The lowest BCUT2D eigenvalue weighted by Crippen LogP contribution is -2.13. The molecule has 16 heavy (non-hydrogen) atoms. The molecule has 0 N–H and O–H groups in total. The molecule has 0 saturated heterocycles. The van der Waals surface area contributed by atoms with Gasteiger partial charge in [-0.1, -0.05) is 52.4 Å². The van der Waals surface area contributed by atoms with Gasteiger partial charge in [-0.3, -0.25) is 0 Å². The van der Waals surface area contributed by atoms with Crippen molar-refractivity contribution in [2.45, 2.75) is 88.8 Å². The standard InChI is InChI=1S/C8H18.C6H10Cl2/c1-3-5-7-8-6-4-2;7-5-1-2-6(8)4-3-5/h3-8H2,1-2H3;5-6H,1-4H2. The highest BCUT2D eigenvalue weighted by atomic mass is 35.5. The number of rotatable bonds is 5. The molecule has 0 amide bonds. The van der Waals surface area contributed by atoms with Crippen LogP contribution in [0, 0.1) is 0 Å². The van der Waals surface area contributed by atoms with Gasteiger partial charge in [0.05, 0.1) is 0 Å². The summed E-state index contributed by atoms with van der Waals surface area (Å²) in [6, 6.07) is 0. The summed E-state index contributed by atoms with van der Waals surface area (Å²) in [7, 11) is 0. The Morgan fingerprint density at radius 3 is 1.25 bits per heavy atom. The molecule has 0 bridgehead atoms. The fraction of sp³-hybridized carbons (Fsp3) is 1.00. The second-order valence-corrected chi connectivity index (χ2v) is 6.00. The van der Waals surface area contributed by atoms with Gasteiger partial charge < -0.3 is 0 Å². The molecule has 0 aliphatic heterocycles. The Morgan fingerprint density at radius 1 is 0.688 bits per heavy atom. The van der Waals surface area contributed by atoms with Crippen LogP contribution in [0.3, 0.4) is 0 Å². The Morgan fingerprint density at radius 2 is 1.00 bits per heavy atom. The number of halogens is 2. The van der Waals surface area contributed by atoms with Crippen molar-refractivity contribution in [3.63, 3.8) is 0 Å². The van der Waals surface area contributed by atoms with E-state index in [1.54, 1.807) is 0 Å². The maximum atomic E-state index is 5.82. The lowest BCUT2D eigenvalue weighted by Gasteiger charge is -2.19. The predicted octanol–water partition coefficient (Wildman–Crippen LogP) is 6.14. The van der Waals surface area contributed by atoms with Crippen LogP contribution in [-0.2, 0) is 0 Å². The maximum absolute atomic E-state index is 5.82. The molecule has 98 valence electrons. The first-order chi connectivity index (χ1) is 7.70. The van der Waals surface area contributed by atoms with E-state index < -0.39 is 0 Å². The summed E-state index contributed by atoms with van der Waals surface area (Å²) in [5.74, 6) is 0. The molecule has 0 heterocycles. The van der Waals surface area contributed by atoms with E-state index in [4.69, 9.17) is 23.2 Å². The first-order valence-corrected chi connectivity index (χ1v) is 7.86. The van der Waals surface area contributed by atoms with Crippen LogP contribution in [0.2, 0.25) is 0 Å². The van der Waals surface area contributed by atoms with Crippen molar-refractivity contribution < 1.29 is 0 Å². The smallest absolute Gasteiger partial charge is 0.0337 e. The molecule has 1 aliphatic rings. The largest absolute Gasteiger partial charge is 0.123 e. The first-order valence-electron chi connectivity index (χ1n) is 6.98. The number of unbranched alkanes of at least 4 members (excludes halogenated alkanes) is 5. The van der Waals surface area contributed by atoms with E-state index in [0.29, 0.717) is 10.8 Å². The van der Waals surface area contributed by atoms with Crippen LogP contribution < -0.4 is 0 Å². The topological polar surface area (TPSA) is 0 Å². The van der Waals surface area contributed by atoms with E-state index in [-0.39, 0.29) is 0 Å². The van der Waals surface area contributed by atoms with E-state index in [1.807, 2.05) is 0 Å². The van der Waals surface area contributed by atoms with Gasteiger partial charge in [-0.05, 0) is 25.7 Å². The highest BCUT2D eigenvalue weighted by molar-refractivity contribution is 6.22. The van der Waals surface area contributed by atoms with E-state index in [9.17, 15) is 0 Å². The van der Waals surface area contributed by atoms with Gasteiger partial charge in [0.25, 0.3) is 0 Å². The fourth-order valence-corrected chi connectivity index (χ4v) is 2.37. The van der Waals surface area contributed by atoms with Crippen LogP contribution in [0.5, 0.6) is 0 Å². The number of alkyl halides is 2. The Kier molecular flexibility index (Phi) is 12.5. The summed E-state index contributed by atoms with van der Waals surface area (Å²) in [5.41, 5.74) is 0. The summed E-state index contributed by atoms with van der Waals surface area (Å²) >= 11 is 11.6. The summed E-state index contributed by atoms with van der Waals surface area (Å²) in [4.78, 5) is 0. The van der Waals surface area contributed by atoms with E-state index in [2.05, 4.69) is 13.8 Å². The van der Waals surface area contributed by atoms with Gasteiger partial charge in [-0.15, -0.1) is 23.2 Å². The molecule has 0 aromatic carbocycles. The lowest BCUT2D eigenvalue weighted by molar-refractivity contribution is 0.518. The molecule has 1 saturated carbocycles. The van der Waals surface area contributed by atoms with Crippen LogP contribution in [-0.4, -0.2) is 10.8 Å². The van der Waals surface area contributed by atoms with Crippen molar-refractivity contribution in [3.8, 4) is 0 Å². The molecule has 0 radical (unpaired) electrons. The van der Waals surface area contributed by atoms with Crippen LogP contribution in [0.4, 0.5) is 0 Å². The molecule has 0 spiro atoms. The van der Waals surface area contributed by atoms with Gasteiger partial charge in [0.1, 0.15) is 0 Å². The third-order valence-corrected chi connectivity index (χ3v) is 3.92. The Labute approximate surface area is 112 Å². The minimum atomic E-state index is 0.407. The highest BCUT2D eigenvalue weighted by Gasteiger charge is 2.16. The zero-order valence-corrected chi connectivity index (χ0v) is 12.5. The Balaban J connectivity index is 0.000000281. The average molecular weight is 267 g/mol. The van der Waals surface area contributed by atoms with Crippen molar-refractivity contribution in [2.75, 3.05) is 0 Å². The predicted molar refractivity (Wildman–Crippen MR) is 76.8 cm³/mol. The Hall–Kier alpha value is 0.580. The van der Waals surface area contributed by atoms with Crippen molar-refractivity contribution in [1.29, 1.82) is 0 Å². The number of hydrogen-bond donors (Lipinski definition) is 0. The van der Waals surface area contributed by atoms with E-state index in [0.717, 1.165) is 25.7 Å².